The van der Waals surface area contributed by atoms with Gasteiger partial charge in [-0.1, -0.05) is 19.1 Å². The fraction of sp³-hybridized carbons (Fsp3) is 0.263. The summed E-state index contributed by atoms with van der Waals surface area (Å²) in [7, 11) is 0. The minimum absolute atomic E-state index is 0.0280. The highest BCUT2D eigenvalue weighted by molar-refractivity contribution is 5.94. The fourth-order valence-electron chi connectivity index (χ4n) is 2.34. The minimum atomic E-state index is -1.08. The number of benzene rings is 1. The van der Waals surface area contributed by atoms with Crippen molar-refractivity contribution in [3.63, 3.8) is 0 Å². The van der Waals surface area contributed by atoms with Crippen molar-refractivity contribution >= 4 is 23.5 Å². The van der Waals surface area contributed by atoms with Crippen molar-refractivity contribution < 1.29 is 19.5 Å². The zero-order valence-electron chi connectivity index (χ0n) is 14.7. The second-order valence-electron chi connectivity index (χ2n) is 5.81. The van der Waals surface area contributed by atoms with Gasteiger partial charge in [-0.3, -0.25) is 9.59 Å². The lowest BCUT2D eigenvalue weighted by atomic mass is 10.1. The Balaban J connectivity index is 1.94. The predicted octanol–water partition coefficient (Wildman–Crippen LogP) is 2.76. The number of anilines is 1. The van der Waals surface area contributed by atoms with E-state index in [-0.39, 0.29) is 28.8 Å². The Morgan fingerprint density at radius 3 is 2.35 bits per heavy atom. The lowest BCUT2D eigenvalue weighted by Gasteiger charge is -2.08. The van der Waals surface area contributed by atoms with E-state index in [1.807, 2.05) is 19.1 Å². The molecule has 7 heteroatoms. The van der Waals surface area contributed by atoms with Gasteiger partial charge in [-0.05, 0) is 43.2 Å². The topological polar surface area (TPSA) is 108 Å². The summed E-state index contributed by atoms with van der Waals surface area (Å²) in [5.74, 6) is -1.49. The van der Waals surface area contributed by atoms with Crippen molar-refractivity contribution in [1.82, 2.24) is 10.3 Å². The number of hydrogen-bond donors (Lipinski definition) is 3. The fourth-order valence-corrected chi connectivity index (χ4v) is 2.34. The summed E-state index contributed by atoms with van der Waals surface area (Å²) in [5.41, 5.74) is 2.10. The Kier molecular flexibility index (Phi) is 6.43. The maximum Gasteiger partial charge on any atom is 0.337 e. The molecule has 0 aliphatic rings. The summed E-state index contributed by atoms with van der Waals surface area (Å²) in [4.78, 5) is 38.7. The molecule has 2 aromatic rings. The molecule has 2 amide bonds. The maximum absolute atomic E-state index is 12.2. The van der Waals surface area contributed by atoms with E-state index in [1.54, 1.807) is 19.1 Å². The van der Waals surface area contributed by atoms with E-state index in [9.17, 15) is 14.4 Å². The zero-order valence-corrected chi connectivity index (χ0v) is 14.7. The number of aryl methyl sites for hydroxylation is 1. The summed E-state index contributed by atoms with van der Waals surface area (Å²) in [6.45, 7) is 3.78. The Morgan fingerprint density at radius 2 is 1.77 bits per heavy atom. The Bertz CT molecular complexity index is 816. The van der Waals surface area contributed by atoms with Gasteiger partial charge < -0.3 is 15.7 Å². The van der Waals surface area contributed by atoms with Crippen LogP contribution < -0.4 is 10.6 Å². The van der Waals surface area contributed by atoms with Gasteiger partial charge in [-0.2, -0.15) is 0 Å². The molecule has 136 valence electrons. The number of rotatable bonds is 7. The van der Waals surface area contributed by atoms with Crippen LogP contribution >= 0.6 is 0 Å². The summed E-state index contributed by atoms with van der Waals surface area (Å²) in [5, 5.41) is 14.5. The molecule has 2 rings (SSSR count). The third-order valence-corrected chi connectivity index (χ3v) is 3.72. The summed E-state index contributed by atoms with van der Waals surface area (Å²) >= 11 is 0. The van der Waals surface area contributed by atoms with Gasteiger partial charge in [-0.25, -0.2) is 9.78 Å². The number of nitrogens with one attached hydrogen (secondary N) is 2. The molecule has 0 aliphatic carbocycles. The molecule has 1 aromatic heterocycles. The molecule has 1 aromatic carbocycles. The number of hydrogen-bond acceptors (Lipinski definition) is 4. The minimum Gasteiger partial charge on any atom is -0.478 e. The normalized spacial score (nSPS) is 10.2. The van der Waals surface area contributed by atoms with E-state index < -0.39 is 5.97 Å². The van der Waals surface area contributed by atoms with Gasteiger partial charge in [0.2, 0.25) is 5.91 Å². The molecule has 1 heterocycles. The molecule has 0 unspecified atom stereocenters. The van der Waals surface area contributed by atoms with Crippen molar-refractivity contribution in [3.05, 3.63) is 58.9 Å². The largest absolute Gasteiger partial charge is 0.478 e. The molecule has 0 saturated carbocycles. The molecule has 0 spiro atoms. The summed E-state index contributed by atoms with van der Waals surface area (Å²) in [6, 6.07) is 9.94. The van der Waals surface area contributed by atoms with Crippen LogP contribution in [0.5, 0.6) is 0 Å². The second kappa shape index (κ2) is 8.75. The van der Waals surface area contributed by atoms with E-state index in [0.717, 1.165) is 12.0 Å². The molecule has 0 fully saturated rings. The molecular formula is C19H21N3O4. The highest BCUT2D eigenvalue weighted by Gasteiger charge is 2.13. The number of pyridine rings is 1. The monoisotopic (exact) mass is 355 g/mol. The van der Waals surface area contributed by atoms with Gasteiger partial charge in [0.05, 0.1) is 11.3 Å². The molecule has 0 aliphatic heterocycles. The lowest BCUT2D eigenvalue weighted by Crippen LogP contribution is -2.24. The second-order valence-corrected chi connectivity index (χ2v) is 5.81. The van der Waals surface area contributed by atoms with E-state index in [4.69, 9.17) is 5.11 Å². The van der Waals surface area contributed by atoms with Crippen LogP contribution in [0.1, 0.15) is 51.9 Å². The summed E-state index contributed by atoms with van der Waals surface area (Å²) in [6.07, 6.45) is 1.27. The van der Waals surface area contributed by atoms with Crippen LogP contribution in [-0.4, -0.2) is 27.9 Å². The molecule has 3 N–H and O–H groups in total. The number of carboxylic acid groups (broad SMARTS) is 1. The first-order valence-corrected chi connectivity index (χ1v) is 8.28. The van der Waals surface area contributed by atoms with Crippen LogP contribution in [0.15, 0.2) is 36.4 Å². The van der Waals surface area contributed by atoms with Crippen LogP contribution in [0.4, 0.5) is 5.69 Å². The Morgan fingerprint density at radius 1 is 1.08 bits per heavy atom. The molecule has 7 nitrogen and oxygen atoms in total. The maximum atomic E-state index is 12.2. The number of carboxylic acids is 1. The zero-order chi connectivity index (χ0) is 19.1. The van der Waals surface area contributed by atoms with Crippen LogP contribution in [0.2, 0.25) is 0 Å². The van der Waals surface area contributed by atoms with Crippen LogP contribution in [0, 0.1) is 6.92 Å². The highest BCUT2D eigenvalue weighted by atomic mass is 16.4. The Labute approximate surface area is 151 Å². The quantitative estimate of drug-likeness (QED) is 0.708. The van der Waals surface area contributed by atoms with E-state index in [0.29, 0.717) is 18.7 Å². The highest BCUT2D eigenvalue weighted by Crippen LogP contribution is 2.11. The number of aromatic nitrogens is 1. The van der Waals surface area contributed by atoms with Crippen LogP contribution in [0.25, 0.3) is 0 Å². The van der Waals surface area contributed by atoms with Crippen molar-refractivity contribution in [1.29, 1.82) is 0 Å². The third-order valence-electron chi connectivity index (χ3n) is 3.72. The number of carbonyl (C=O) groups is 3. The van der Waals surface area contributed by atoms with Gasteiger partial charge >= 0.3 is 5.97 Å². The van der Waals surface area contributed by atoms with Gasteiger partial charge in [0.1, 0.15) is 5.69 Å². The van der Waals surface area contributed by atoms with Crippen molar-refractivity contribution in [3.8, 4) is 0 Å². The van der Waals surface area contributed by atoms with E-state index in [2.05, 4.69) is 15.6 Å². The molecule has 26 heavy (non-hydrogen) atoms. The van der Waals surface area contributed by atoms with Gasteiger partial charge in [-0.15, -0.1) is 0 Å². The van der Waals surface area contributed by atoms with Crippen molar-refractivity contribution in [2.24, 2.45) is 0 Å². The van der Waals surface area contributed by atoms with E-state index >= 15 is 0 Å². The van der Waals surface area contributed by atoms with Crippen LogP contribution in [0.3, 0.4) is 0 Å². The lowest BCUT2D eigenvalue weighted by molar-refractivity contribution is -0.116. The van der Waals surface area contributed by atoms with Crippen molar-refractivity contribution in [2.45, 2.75) is 33.2 Å². The van der Waals surface area contributed by atoms with Gasteiger partial charge in [0.25, 0.3) is 5.91 Å². The number of aromatic carboxylic acids is 1. The van der Waals surface area contributed by atoms with Gasteiger partial charge in [0.15, 0.2) is 0 Å². The average molecular weight is 355 g/mol. The standard InChI is InChI=1S/C19H21N3O4/c1-3-4-17(23)22-14-7-5-13(6-8-14)11-20-18(24)16-10-9-15(19(25)26)12(2)21-16/h5-10H,3-4,11H2,1-2H3,(H,20,24)(H,22,23)(H,25,26). The van der Waals surface area contributed by atoms with E-state index in [1.165, 1.54) is 12.1 Å². The predicted molar refractivity (Wildman–Crippen MR) is 97.1 cm³/mol. The average Bonchev–Trinajstić information content (AvgIpc) is 2.60. The smallest absolute Gasteiger partial charge is 0.337 e. The third kappa shape index (κ3) is 5.14. The number of nitrogens with zero attached hydrogens (tertiary/aromatic N) is 1. The summed E-state index contributed by atoms with van der Waals surface area (Å²) < 4.78 is 0. The first-order chi connectivity index (χ1) is 12.4. The number of amides is 2. The van der Waals surface area contributed by atoms with Crippen LogP contribution in [-0.2, 0) is 11.3 Å². The Hall–Kier alpha value is -3.22. The molecule has 0 saturated heterocycles. The first-order valence-electron chi connectivity index (χ1n) is 8.28. The molecule has 0 atom stereocenters. The first kappa shape index (κ1) is 19.1. The van der Waals surface area contributed by atoms with Gasteiger partial charge in [0, 0.05) is 18.7 Å². The number of carbonyl (C=O) groups excluding carboxylic acids is 2. The van der Waals surface area contributed by atoms with Crippen molar-refractivity contribution in [2.75, 3.05) is 5.32 Å². The molecule has 0 bridgehead atoms. The molecular weight excluding hydrogens is 334 g/mol. The SMILES string of the molecule is CCCC(=O)Nc1ccc(CNC(=O)c2ccc(C(=O)O)c(C)n2)cc1. The molecule has 0 radical (unpaired) electrons.